The predicted octanol–water partition coefficient (Wildman–Crippen LogP) is -5.31. The molecule has 0 aromatic rings. The molecule has 0 unspecified atom stereocenters. The highest BCUT2D eigenvalue weighted by Crippen LogP contribution is 2.21. The molecule has 24 heteroatoms. The van der Waals surface area contributed by atoms with Crippen LogP contribution in [0.15, 0.2) is 4.99 Å². The van der Waals surface area contributed by atoms with E-state index < -0.39 is 127 Å². The number of likely N-dealkylation sites (tertiary alicyclic amines) is 1. The maximum atomic E-state index is 14.2. The highest BCUT2D eigenvalue weighted by molar-refractivity contribution is 5.98. The van der Waals surface area contributed by atoms with E-state index in [9.17, 15) is 58.5 Å². The lowest BCUT2D eigenvalue weighted by atomic mass is 10.0. The Morgan fingerprint density at radius 1 is 0.750 bits per heavy atom. The zero-order valence-electron chi connectivity index (χ0n) is 34.3. The van der Waals surface area contributed by atoms with E-state index in [1.807, 2.05) is 0 Å². The second-order valence-corrected chi connectivity index (χ2v) is 15.1. The third-order valence-electron chi connectivity index (χ3n) is 9.91. The van der Waals surface area contributed by atoms with E-state index in [-0.39, 0.29) is 44.7 Å². The average molecular weight is 856 g/mol. The van der Waals surface area contributed by atoms with Gasteiger partial charge in [-0.3, -0.25) is 48.1 Å². The van der Waals surface area contributed by atoms with Gasteiger partial charge in [-0.1, -0.05) is 13.8 Å². The molecule has 2 fully saturated rings. The monoisotopic (exact) mass is 855 g/mol. The van der Waals surface area contributed by atoms with Crippen molar-refractivity contribution in [2.75, 3.05) is 26.2 Å². The van der Waals surface area contributed by atoms with Crippen LogP contribution in [-0.4, -0.2) is 165 Å². The van der Waals surface area contributed by atoms with Crippen LogP contribution in [0.1, 0.15) is 79.1 Å². The summed E-state index contributed by atoms with van der Waals surface area (Å²) in [4.78, 5) is 121. The number of carbonyl (C=O) groups is 9. The van der Waals surface area contributed by atoms with Crippen LogP contribution in [0.25, 0.3) is 0 Å². The van der Waals surface area contributed by atoms with Crippen molar-refractivity contribution in [3.05, 3.63) is 0 Å². The Morgan fingerprint density at radius 3 is 1.93 bits per heavy atom. The number of nitrogens with one attached hydrogen (secondary N) is 7. The van der Waals surface area contributed by atoms with E-state index in [2.05, 4.69) is 42.2 Å². The van der Waals surface area contributed by atoms with Crippen molar-refractivity contribution in [1.82, 2.24) is 42.1 Å². The lowest BCUT2D eigenvalue weighted by Crippen LogP contribution is -2.62. The average Bonchev–Trinajstić information content (AvgIpc) is 3.90. The Kier molecular flexibility index (Phi) is 20.6. The van der Waals surface area contributed by atoms with Gasteiger partial charge < -0.3 is 74.0 Å². The van der Waals surface area contributed by atoms with Gasteiger partial charge in [0, 0.05) is 19.5 Å². The molecule has 0 aromatic heterocycles. The molecular weight excluding hydrogens is 794 g/mol. The maximum absolute atomic E-state index is 14.2. The van der Waals surface area contributed by atoms with E-state index in [1.54, 1.807) is 13.8 Å². The highest BCUT2D eigenvalue weighted by atomic mass is 16.4. The minimum atomic E-state index is -1.70. The summed E-state index contributed by atoms with van der Waals surface area (Å²) in [6, 6.07) is -10.4. The Labute approximate surface area is 346 Å². The van der Waals surface area contributed by atoms with E-state index in [0.29, 0.717) is 19.4 Å². The van der Waals surface area contributed by atoms with Crippen LogP contribution < -0.4 is 48.7 Å². The van der Waals surface area contributed by atoms with Crippen LogP contribution in [0.2, 0.25) is 0 Å². The molecule has 2 saturated heterocycles. The Bertz CT molecular complexity index is 1580. The summed E-state index contributed by atoms with van der Waals surface area (Å²) in [5.74, 6) is -9.22. The van der Waals surface area contributed by atoms with Gasteiger partial charge in [0.1, 0.15) is 42.3 Å². The van der Waals surface area contributed by atoms with Gasteiger partial charge in [-0.05, 0) is 71.3 Å². The molecular formula is C36H61N11O13. The Morgan fingerprint density at radius 2 is 1.38 bits per heavy atom. The Hall–Kier alpha value is -5.62. The summed E-state index contributed by atoms with van der Waals surface area (Å²) in [5.41, 5.74) is 10.9. The van der Waals surface area contributed by atoms with Crippen LogP contribution >= 0.6 is 0 Å². The van der Waals surface area contributed by atoms with Gasteiger partial charge in [0.2, 0.25) is 41.4 Å². The Balaban J connectivity index is 2.29. The lowest BCUT2D eigenvalue weighted by Gasteiger charge is -2.32. The molecule has 0 aliphatic carbocycles. The molecule has 338 valence electrons. The number of guanidine groups is 1. The first-order valence-corrected chi connectivity index (χ1v) is 19.8. The second kappa shape index (κ2) is 24.5. The van der Waals surface area contributed by atoms with Crippen molar-refractivity contribution >= 4 is 59.2 Å². The molecule has 9 atom stereocenters. The molecule has 0 spiro atoms. The predicted molar refractivity (Wildman–Crippen MR) is 211 cm³/mol. The van der Waals surface area contributed by atoms with E-state index in [4.69, 9.17) is 16.6 Å². The number of carbonyl (C=O) groups excluding carboxylic acids is 7. The maximum Gasteiger partial charge on any atom is 0.325 e. The number of hydrogen-bond donors (Lipinski definition) is 13. The number of amides is 7. The third kappa shape index (κ3) is 15.9. The smallest absolute Gasteiger partial charge is 0.325 e. The first-order chi connectivity index (χ1) is 28.2. The number of carboxylic acids is 2. The number of carboxylic acid groups (broad SMARTS) is 2. The lowest BCUT2D eigenvalue weighted by molar-refractivity contribution is -0.143. The number of aliphatic hydroxyl groups excluding tert-OH is 2. The molecule has 0 radical (unpaired) electrons. The molecule has 2 rings (SSSR count). The fourth-order valence-corrected chi connectivity index (χ4v) is 6.52. The molecule has 15 N–H and O–H groups in total. The minimum absolute atomic E-state index is 0.0412. The first kappa shape index (κ1) is 50.5. The van der Waals surface area contributed by atoms with Crippen LogP contribution in [0.4, 0.5) is 0 Å². The normalized spacial score (nSPS) is 19.6. The molecule has 0 aromatic carbocycles. The number of aliphatic imine (C=N–C) groups is 1. The number of aliphatic hydroxyl groups is 2. The third-order valence-corrected chi connectivity index (χ3v) is 9.91. The summed E-state index contributed by atoms with van der Waals surface area (Å²) in [7, 11) is 0. The molecule has 2 aliphatic rings. The van der Waals surface area contributed by atoms with Crippen molar-refractivity contribution < 1.29 is 63.6 Å². The van der Waals surface area contributed by atoms with E-state index in [1.165, 1.54) is 11.8 Å². The van der Waals surface area contributed by atoms with Gasteiger partial charge in [-0.2, -0.15) is 0 Å². The fourth-order valence-electron chi connectivity index (χ4n) is 6.52. The van der Waals surface area contributed by atoms with Crippen molar-refractivity contribution in [1.29, 1.82) is 0 Å². The molecule has 2 heterocycles. The van der Waals surface area contributed by atoms with Gasteiger partial charge in [0.15, 0.2) is 5.96 Å². The van der Waals surface area contributed by atoms with Crippen molar-refractivity contribution in [2.45, 2.75) is 134 Å². The van der Waals surface area contributed by atoms with Crippen LogP contribution in [-0.2, 0) is 43.2 Å². The van der Waals surface area contributed by atoms with Gasteiger partial charge in [-0.15, -0.1) is 0 Å². The fraction of sp³-hybridized carbons (Fsp3) is 0.722. The van der Waals surface area contributed by atoms with Crippen molar-refractivity contribution in [2.24, 2.45) is 22.4 Å². The molecule has 7 amide bonds. The van der Waals surface area contributed by atoms with Crippen molar-refractivity contribution in [3.63, 3.8) is 0 Å². The van der Waals surface area contributed by atoms with Gasteiger partial charge in [-0.25, -0.2) is 0 Å². The molecule has 60 heavy (non-hydrogen) atoms. The zero-order valence-corrected chi connectivity index (χ0v) is 34.3. The summed E-state index contributed by atoms with van der Waals surface area (Å²) in [6.45, 7) is 5.32. The van der Waals surface area contributed by atoms with Crippen LogP contribution in [0, 0.1) is 5.92 Å². The largest absolute Gasteiger partial charge is 0.481 e. The summed E-state index contributed by atoms with van der Waals surface area (Å²) >= 11 is 0. The van der Waals surface area contributed by atoms with E-state index in [0.717, 1.165) is 13.3 Å². The SMILES string of the molecule is CC(C)[C@H](NC(=O)[C@H](CCC(=O)O)NC(=O)[C@@H]1CCCN1)C(=O)N[C@@H](CCCN=C(N)N)C(=O)N1CCC[C@H]1C(=O)N[C@H](C(=O)N[C@@H](CO)C(=O)N[C@@H](C)C(=O)O)[C@@H](C)O. The zero-order chi connectivity index (χ0) is 45.3. The topological polar surface area (TPSA) is 386 Å². The molecule has 0 bridgehead atoms. The minimum Gasteiger partial charge on any atom is -0.481 e. The summed E-state index contributed by atoms with van der Waals surface area (Å²) < 4.78 is 0. The number of nitrogens with zero attached hydrogens (tertiary/aromatic N) is 2. The number of nitrogens with two attached hydrogens (primary N) is 2. The highest BCUT2D eigenvalue weighted by Gasteiger charge is 2.41. The first-order valence-electron chi connectivity index (χ1n) is 19.8. The summed E-state index contributed by atoms with van der Waals surface area (Å²) in [5, 5.41) is 55.9. The van der Waals surface area contributed by atoms with E-state index >= 15 is 0 Å². The second-order valence-electron chi connectivity index (χ2n) is 15.1. The molecule has 0 saturated carbocycles. The molecule has 2 aliphatic heterocycles. The standard InChI is InChI=1S/C36H61N11O13/c1-17(2)26(45-29(53)21(11-12-25(50)51)42-28(52)20-8-5-13-39-20)32(56)43-22(9-6-14-40-36(37)38)34(58)47-15-7-10-24(47)31(55)46-27(19(4)49)33(57)44-23(16-48)30(54)41-18(3)35(59)60/h17-24,26-27,39,48-49H,5-16H2,1-4H3,(H,41,54)(H,42,52)(H,43,56)(H,44,57)(H,45,53)(H,46,55)(H,50,51)(H,59,60)(H4,37,38,40)/t18-,19+,20-,21-,22-,23-,24-,26-,27-/m0/s1. The molecule has 24 nitrogen and oxygen atoms in total. The number of rotatable bonds is 24. The van der Waals surface area contributed by atoms with Crippen LogP contribution in [0.3, 0.4) is 0 Å². The quantitative estimate of drug-likeness (QED) is 0.0245. The van der Waals surface area contributed by atoms with Gasteiger partial charge >= 0.3 is 11.9 Å². The number of hydrogen-bond acceptors (Lipinski definition) is 13. The summed E-state index contributed by atoms with van der Waals surface area (Å²) in [6.07, 6.45) is -0.455. The van der Waals surface area contributed by atoms with Gasteiger partial charge in [0.05, 0.1) is 18.8 Å². The van der Waals surface area contributed by atoms with Gasteiger partial charge in [0.25, 0.3) is 0 Å². The van der Waals surface area contributed by atoms with Crippen LogP contribution in [0.5, 0.6) is 0 Å². The number of aliphatic carboxylic acids is 2. The van der Waals surface area contributed by atoms with Crippen molar-refractivity contribution in [3.8, 4) is 0 Å².